The Balaban J connectivity index is 1.73. The van der Waals surface area contributed by atoms with Crippen LogP contribution >= 0.6 is 11.6 Å². The lowest BCUT2D eigenvalue weighted by atomic mass is 10.1. The maximum Gasteiger partial charge on any atom is 0.231 e. The molecule has 1 atom stereocenters. The Morgan fingerprint density at radius 3 is 2.76 bits per heavy atom. The lowest BCUT2D eigenvalue weighted by molar-refractivity contribution is 0.0880. The van der Waals surface area contributed by atoms with E-state index in [1.54, 1.807) is 0 Å². The van der Waals surface area contributed by atoms with Gasteiger partial charge in [0.1, 0.15) is 0 Å². The van der Waals surface area contributed by atoms with Crippen molar-refractivity contribution in [3.63, 3.8) is 0 Å². The number of hydrogen-bond acceptors (Lipinski definition) is 6. The molecule has 1 aromatic carbocycles. The maximum atomic E-state index is 6.24. The molecule has 0 amide bonds. The molecule has 2 aliphatic rings. The molecule has 1 saturated heterocycles. The van der Waals surface area contributed by atoms with Crippen molar-refractivity contribution >= 4 is 11.6 Å². The van der Waals surface area contributed by atoms with E-state index < -0.39 is 0 Å². The van der Waals surface area contributed by atoms with Crippen LogP contribution in [0.15, 0.2) is 12.1 Å². The molecule has 0 saturated carbocycles. The number of fused-ring (bicyclic) bond motifs is 1. The molecule has 1 unspecified atom stereocenters. The molecule has 0 aromatic heterocycles. The van der Waals surface area contributed by atoms with Crippen molar-refractivity contribution in [3.8, 4) is 11.5 Å². The Labute approximate surface area is 129 Å². The van der Waals surface area contributed by atoms with Gasteiger partial charge in [-0.1, -0.05) is 11.6 Å². The van der Waals surface area contributed by atoms with Crippen LogP contribution in [0.4, 0.5) is 0 Å². The van der Waals surface area contributed by atoms with Gasteiger partial charge in [-0.05, 0) is 24.7 Å². The molecule has 0 bridgehead atoms. The van der Waals surface area contributed by atoms with Crippen molar-refractivity contribution in [1.29, 1.82) is 0 Å². The molecular formula is C14H21ClN4O2. The highest BCUT2D eigenvalue weighted by Gasteiger charge is 2.23. The van der Waals surface area contributed by atoms with Crippen LogP contribution in [0.3, 0.4) is 0 Å². The highest BCUT2D eigenvalue weighted by molar-refractivity contribution is 6.32. The first-order chi connectivity index (χ1) is 10.2. The molecule has 116 valence electrons. The summed E-state index contributed by atoms with van der Waals surface area (Å²) in [5, 5.41) is 2.79. The number of nitrogens with two attached hydrogens (primary N) is 1. The second-order valence-electron chi connectivity index (χ2n) is 5.44. The fourth-order valence-corrected chi connectivity index (χ4v) is 2.88. The van der Waals surface area contributed by atoms with Gasteiger partial charge < -0.3 is 20.1 Å². The summed E-state index contributed by atoms with van der Waals surface area (Å²) >= 11 is 6.24. The van der Waals surface area contributed by atoms with Crippen LogP contribution in [0.5, 0.6) is 11.5 Å². The summed E-state index contributed by atoms with van der Waals surface area (Å²) in [6.45, 7) is 4.76. The van der Waals surface area contributed by atoms with Crippen molar-refractivity contribution in [3.05, 3.63) is 22.7 Å². The minimum absolute atomic E-state index is 0.0143. The number of nitrogens with one attached hydrogen (secondary N) is 1. The van der Waals surface area contributed by atoms with Gasteiger partial charge in [-0.2, -0.15) is 0 Å². The smallest absolute Gasteiger partial charge is 0.231 e. The molecule has 3 rings (SSSR count). The van der Waals surface area contributed by atoms with Gasteiger partial charge in [-0.25, -0.2) is 10.4 Å². The van der Waals surface area contributed by atoms with Crippen LogP contribution in [0.2, 0.25) is 5.02 Å². The Kier molecular flexibility index (Phi) is 4.51. The van der Waals surface area contributed by atoms with Crippen molar-refractivity contribution in [2.45, 2.75) is 6.04 Å². The van der Waals surface area contributed by atoms with E-state index in [4.69, 9.17) is 26.8 Å². The van der Waals surface area contributed by atoms with Gasteiger partial charge in [0.2, 0.25) is 6.79 Å². The molecular weight excluding hydrogens is 292 g/mol. The van der Waals surface area contributed by atoms with E-state index in [2.05, 4.69) is 22.4 Å². The molecule has 0 aliphatic carbocycles. The highest BCUT2D eigenvalue weighted by atomic mass is 35.5. The van der Waals surface area contributed by atoms with Gasteiger partial charge in [0.15, 0.2) is 11.5 Å². The predicted octanol–water partition coefficient (Wildman–Crippen LogP) is 0.821. The lowest BCUT2D eigenvalue weighted by Gasteiger charge is -2.35. The Morgan fingerprint density at radius 1 is 1.29 bits per heavy atom. The number of hydrazine groups is 1. The SMILES string of the molecule is CN1CCN(NC(CN)c2cc(Cl)c3c(c2)OCO3)CC1. The Hall–Kier alpha value is -1.05. The molecule has 7 heteroatoms. The van der Waals surface area contributed by atoms with Crippen molar-refractivity contribution in [2.24, 2.45) is 5.73 Å². The van der Waals surface area contributed by atoms with Crippen LogP contribution < -0.4 is 20.6 Å². The van der Waals surface area contributed by atoms with Crippen LogP contribution in [-0.4, -0.2) is 56.5 Å². The third-order valence-electron chi connectivity index (χ3n) is 3.93. The Bertz CT molecular complexity index is 506. The Morgan fingerprint density at radius 2 is 2.05 bits per heavy atom. The summed E-state index contributed by atoms with van der Waals surface area (Å²) in [7, 11) is 2.13. The van der Waals surface area contributed by atoms with E-state index in [-0.39, 0.29) is 12.8 Å². The second-order valence-corrected chi connectivity index (χ2v) is 5.85. The standard InChI is InChI=1S/C14H21ClN4O2/c1-18-2-4-19(5-3-18)17-12(8-16)10-6-11(15)14-13(7-10)20-9-21-14/h6-7,12,17H,2-5,8-9,16H2,1H3. The normalized spacial score (nSPS) is 20.7. The number of hydrogen-bond donors (Lipinski definition) is 2. The fraction of sp³-hybridized carbons (Fsp3) is 0.571. The van der Waals surface area contributed by atoms with E-state index in [0.29, 0.717) is 23.1 Å². The zero-order chi connectivity index (χ0) is 14.8. The number of likely N-dealkylation sites (N-methyl/N-ethyl adjacent to an activating group) is 1. The van der Waals surface area contributed by atoms with Gasteiger partial charge >= 0.3 is 0 Å². The van der Waals surface area contributed by atoms with Crippen molar-refractivity contribution < 1.29 is 9.47 Å². The van der Waals surface area contributed by atoms with Gasteiger partial charge in [0, 0.05) is 32.7 Å². The summed E-state index contributed by atoms with van der Waals surface area (Å²) < 4.78 is 10.8. The molecule has 0 radical (unpaired) electrons. The number of piperazine rings is 1. The van der Waals surface area contributed by atoms with E-state index >= 15 is 0 Å². The number of halogens is 1. The minimum Gasteiger partial charge on any atom is -0.454 e. The van der Waals surface area contributed by atoms with E-state index in [0.717, 1.165) is 31.7 Å². The van der Waals surface area contributed by atoms with Crippen LogP contribution in [0, 0.1) is 0 Å². The summed E-state index contributed by atoms with van der Waals surface area (Å²) in [4.78, 5) is 2.31. The predicted molar refractivity (Wildman–Crippen MR) is 81.6 cm³/mol. The van der Waals surface area contributed by atoms with Gasteiger partial charge in [-0.15, -0.1) is 0 Å². The van der Waals surface area contributed by atoms with Gasteiger partial charge in [-0.3, -0.25) is 0 Å². The van der Waals surface area contributed by atoms with E-state index in [1.807, 2.05) is 12.1 Å². The maximum absolute atomic E-state index is 6.24. The highest BCUT2D eigenvalue weighted by Crippen LogP contribution is 2.40. The first kappa shape index (κ1) is 14.9. The first-order valence-corrected chi connectivity index (χ1v) is 7.54. The zero-order valence-electron chi connectivity index (χ0n) is 12.1. The number of benzene rings is 1. The molecule has 2 heterocycles. The largest absolute Gasteiger partial charge is 0.454 e. The first-order valence-electron chi connectivity index (χ1n) is 7.16. The quantitative estimate of drug-likeness (QED) is 0.858. The van der Waals surface area contributed by atoms with E-state index in [1.165, 1.54) is 0 Å². The molecule has 0 spiro atoms. The van der Waals surface area contributed by atoms with Crippen LogP contribution in [0.1, 0.15) is 11.6 Å². The zero-order valence-corrected chi connectivity index (χ0v) is 12.9. The molecule has 2 aliphatic heterocycles. The monoisotopic (exact) mass is 312 g/mol. The lowest BCUT2D eigenvalue weighted by Crippen LogP contribution is -2.52. The van der Waals surface area contributed by atoms with Crippen LogP contribution in [0.25, 0.3) is 0 Å². The average Bonchev–Trinajstić information content (AvgIpc) is 2.95. The average molecular weight is 313 g/mol. The summed E-state index contributed by atoms with van der Waals surface area (Å²) in [5.74, 6) is 1.31. The molecule has 1 fully saturated rings. The van der Waals surface area contributed by atoms with Crippen LogP contribution in [-0.2, 0) is 0 Å². The third kappa shape index (κ3) is 3.25. The van der Waals surface area contributed by atoms with Crippen molar-refractivity contribution in [2.75, 3.05) is 46.6 Å². The second kappa shape index (κ2) is 6.37. The topological polar surface area (TPSA) is 63.0 Å². The van der Waals surface area contributed by atoms with Gasteiger partial charge in [0.05, 0.1) is 11.1 Å². The number of rotatable bonds is 4. The number of nitrogens with zero attached hydrogens (tertiary/aromatic N) is 2. The third-order valence-corrected chi connectivity index (χ3v) is 4.21. The summed E-state index contributed by atoms with van der Waals surface area (Å²) in [6.07, 6.45) is 0. The van der Waals surface area contributed by atoms with Crippen molar-refractivity contribution in [1.82, 2.24) is 15.3 Å². The van der Waals surface area contributed by atoms with E-state index in [9.17, 15) is 0 Å². The van der Waals surface area contributed by atoms with Gasteiger partial charge in [0.25, 0.3) is 0 Å². The number of ether oxygens (including phenoxy) is 2. The minimum atomic E-state index is 0.0143. The summed E-state index contributed by atoms with van der Waals surface area (Å²) in [5.41, 5.74) is 10.4. The molecule has 21 heavy (non-hydrogen) atoms. The fourth-order valence-electron chi connectivity index (χ4n) is 2.61. The molecule has 1 aromatic rings. The molecule has 6 nitrogen and oxygen atoms in total. The molecule has 3 N–H and O–H groups in total. The summed E-state index contributed by atoms with van der Waals surface area (Å²) in [6, 6.07) is 3.87.